The Morgan fingerprint density at radius 2 is 1.96 bits per heavy atom. The predicted molar refractivity (Wildman–Crippen MR) is 99.0 cm³/mol. The van der Waals surface area contributed by atoms with E-state index in [-0.39, 0.29) is 5.56 Å². The van der Waals surface area contributed by atoms with Crippen LogP contribution in [0.25, 0.3) is 5.65 Å². The van der Waals surface area contributed by atoms with Gasteiger partial charge < -0.3 is 5.32 Å². The van der Waals surface area contributed by atoms with Gasteiger partial charge in [-0.15, -0.1) is 0 Å². The number of pyridine rings is 1. The Hall–Kier alpha value is -1.98. The normalized spacial score (nSPS) is 12.5. The van der Waals surface area contributed by atoms with Crippen LogP contribution in [-0.2, 0) is 6.54 Å². The minimum atomic E-state index is -0.0243. The van der Waals surface area contributed by atoms with Crippen molar-refractivity contribution in [2.45, 2.75) is 32.9 Å². The summed E-state index contributed by atoms with van der Waals surface area (Å²) >= 11 is 3.47. The van der Waals surface area contributed by atoms with Crippen LogP contribution in [0, 0.1) is 6.92 Å². The van der Waals surface area contributed by atoms with Crippen LogP contribution in [0.3, 0.4) is 0 Å². The number of halogens is 1. The van der Waals surface area contributed by atoms with E-state index in [1.807, 2.05) is 25.3 Å². The number of nitrogens with two attached hydrogens (primary N) is 1. The Balaban J connectivity index is 1.80. The zero-order valence-corrected chi connectivity index (χ0v) is 15.5. The fraction of sp³-hybridized carbons (Fsp3) is 0.263. The highest BCUT2D eigenvalue weighted by Crippen LogP contribution is 2.16. The lowest BCUT2D eigenvalue weighted by Crippen LogP contribution is -2.83. The molecule has 1 aromatic carbocycles. The smallest absolute Gasteiger partial charge is 0.258 e. The van der Waals surface area contributed by atoms with Crippen LogP contribution in [0.2, 0.25) is 0 Å². The first-order chi connectivity index (χ1) is 11.6. The number of nitrogens with zero attached hydrogens (tertiary/aromatic N) is 2. The molecule has 4 nitrogen and oxygen atoms in total. The lowest BCUT2D eigenvalue weighted by molar-refractivity contribution is -0.711. The van der Waals surface area contributed by atoms with E-state index in [4.69, 9.17) is 0 Å². The average molecular weight is 387 g/mol. The number of aryl methyl sites for hydroxylation is 1. The maximum atomic E-state index is 12.3. The Kier molecular flexibility index (Phi) is 5.11. The standard InChI is InChI=1S/C19H20BrN3O/c1-3-17(14-5-7-15(20)8-6-14)21-11-16-10-19(24)23-12-13(2)4-9-18(23)22-16/h4-10,12,17,21H,3,11H2,1-2H3/p+1/t17-/m1/s1. The molecular formula is C19H21BrN3O+. The second-order valence-corrected chi connectivity index (χ2v) is 6.94. The lowest BCUT2D eigenvalue weighted by Gasteiger charge is -2.14. The third-order valence-corrected chi connectivity index (χ3v) is 4.74. The summed E-state index contributed by atoms with van der Waals surface area (Å²) in [6, 6.07) is 14.3. The summed E-state index contributed by atoms with van der Waals surface area (Å²) in [7, 11) is 0. The molecule has 2 N–H and O–H groups in total. The summed E-state index contributed by atoms with van der Waals surface area (Å²) in [5, 5.41) is 2.25. The molecule has 3 rings (SSSR count). The topological polar surface area (TPSA) is 51.0 Å². The summed E-state index contributed by atoms with van der Waals surface area (Å²) in [6.45, 7) is 4.83. The monoisotopic (exact) mass is 386 g/mol. The fourth-order valence-electron chi connectivity index (χ4n) is 2.87. The second-order valence-electron chi connectivity index (χ2n) is 6.03. The molecule has 2 aromatic heterocycles. The predicted octanol–water partition coefficient (Wildman–Crippen LogP) is 2.98. The van der Waals surface area contributed by atoms with Crippen molar-refractivity contribution in [3.8, 4) is 0 Å². The molecule has 3 aromatic rings. The van der Waals surface area contributed by atoms with E-state index >= 15 is 0 Å². The Labute approximate surface area is 149 Å². The molecule has 0 spiro atoms. The van der Waals surface area contributed by atoms with Gasteiger partial charge in [-0.05, 0) is 30.7 Å². The third kappa shape index (κ3) is 3.74. The van der Waals surface area contributed by atoms with E-state index in [0.717, 1.165) is 22.2 Å². The van der Waals surface area contributed by atoms with Crippen LogP contribution in [0.15, 0.2) is 57.9 Å². The molecule has 0 amide bonds. The molecule has 24 heavy (non-hydrogen) atoms. The number of hydrogen-bond donors (Lipinski definition) is 1. The van der Waals surface area contributed by atoms with Crippen molar-refractivity contribution in [3.63, 3.8) is 0 Å². The highest BCUT2D eigenvalue weighted by atomic mass is 79.9. The second kappa shape index (κ2) is 7.28. The first-order valence-electron chi connectivity index (χ1n) is 8.14. The molecule has 5 heteroatoms. The van der Waals surface area contributed by atoms with E-state index in [2.05, 4.69) is 57.4 Å². The van der Waals surface area contributed by atoms with Gasteiger partial charge in [0.2, 0.25) is 0 Å². The van der Waals surface area contributed by atoms with Crippen LogP contribution in [-0.4, -0.2) is 9.38 Å². The van der Waals surface area contributed by atoms with Gasteiger partial charge in [0.15, 0.2) is 0 Å². The van der Waals surface area contributed by atoms with E-state index in [1.165, 1.54) is 5.56 Å². The van der Waals surface area contributed by atoms with Crippen molar-refractivity contribution in [1.29, 1.82) is 0 Å². The highest BCUT2D eigenvalue weighted by molar-refractivity contribution is 9.10. The molecular weight excluding hydrogens is 366 g/mol. The molecule has 0 unspecified atom stereocenters. The van der Waals surface area contributed by atoms with E-state index < -0.39 is 0 Å². The van der Waals surface area contributed by atoms with Gasteiger partial charge in [0.05, 0.1) is 0 Å². The number of fused-ring (bicyclic) bond motifs is 1. The van der Waals surface area contributed by atoms with Crippen LogP contribution < -0.4 is 10.9 Å². The van der Waals surface area contributed by atoms with Gasteiger partial charge in [0, 0.05) is 28.7 Å². The van der Waals surface area contributed by atoms with E-state index in [1.54, 1.807) is 10.5 Å². The molecule has 2 heterocycles. The quantitative estimate of drug-likeness (QED) is 0.732. The molecule has 0 saturated carbocycles. The first kappa shape index (κ1) is 16.9. The molecule has 124 valence electrons. The van der Waals surface area contributed by atoms with Crippen molar-refractivity contribution in [2.75, 3.05) is 0 Å². The summed E-state index contributed by atoms with van der Waals surface area (Å²) < 4.78 is 2.69. The average Bonchev–Trinajstić information content (AvgIpc) is 2.57. The minimum Gasteiger partial charge on any atom is -0.335 e. The Morgan fingerprint density at radius 3 is 2.67 bits per heavy atom. The van der Waals surface area contributed by atoms with Crippen LogP contribution >= 0.6 is 15.9 Å². The molecule has 1 atom stereocenters. The van der Waals surface area contributed by atoms with Gasteiger partial charge in [-0.3, -0.25) is 9.20 Å². The number of rotatable bonds is 5. The van der Waals surface area contributed by atoms with Crippen molar-refractivity contribution in [1.82, 2.24) is 9.38 Å². The van der Waals surface area contributed by atoms with Gasteiger partial charge in [-0.25, -0.2) is 4.98 Å². The first-order valence-corrected chi connectivity index (χ1v) is 8.94. The SMILES string of the molecule is CC[C@@H]([NH2+]Cc1cc(=O)n2cc(C)ccc2n1)c1ccc(Br)cc1. The Morgan fingerprint density at radius 1 is 1.21 bits per heavy atom. The van der Waals surface area contributed by atoms with Crippen molar-refractivity contribution in [3.05, 3.63) is 80.3 Å². The van der Waals surface area contributed by atoms with E-state index in [0.29, 0.717) is 18.2 Å². The van der Waals surface area contributed by atoms with Gasteiger partial charge in [-0.1, -0.05) is 41.1 Å². The maximum absolute atomic E-state index is 12.3. The third-order valence-electron chi connectivity index (χ3n) is 4.21. The number of aromatic nitrogens is 2. The molecule has 0 fully saturated rings. The molecule has 0 radical (unpaired) electrons. The molecule has 0 saturated heterocycles. The molecule has 0 bridgehead atoms. The summed E-state index contributed by atoms with van der Waals surface area (Å²) in [6.07, 6.45) is 2.85. The molecule has 0 aliphatic rings. The Bertz CT molecular complexity index is 903. The number of hydrogen-bond acceptors (Lipinski definition) is 2. The highest BCUT2D eigenvalue weighted by Gasteiger charge is 2.13. The maximum Gasteiger partial charge on any atom is 0.258 e. The zero-order valence-electron chi connectivity index (χ0n) is 13.9. The number of quaternary nitrogens is 1. The summed E-state index contributed by atoms with van der Waals surface area (Å²) in [5.41, 5.74) is 3.83. The lowest BCUT2D eigenvalue weighted by atomic mass is 10.0. The van der Waals surface area contributed by atoms with Crippen LogP contribution in [0.5, 0.6) is 0 Å². The van der Waals surface area contributed by atoms with Gasteiger partial charge >= 0.3 is 0 Å². The summed E-state index contributed by atoms with van der Waals surface area (Å²) in [5.74, 6) is 0. The molecule has 0 aliphatic heterocycles. The summed E-state index contributed by atoms with van der Waals surface area (Å²) in [4.78, 5) is 16.9. The van der Waals surface area contributed by atoms with Gasteiger partial charge in [0.1, 0.15) is 23.9 Å². The van der Waals surface area contributed by atoms with Crippen molar-refractivity contribution >= 4 is 21.6 Å². The van der Waals surface area contributed by atoms with Crippen molar-refractivity contribution < 1.29 is 5.32 Å². The zero-order chi connectivity index (χ0) is 17.1. The molecule has 0 aliphatic carbocycles. The van der Waals surface area contributed by atoms with E-state index in [9.17, 15) is 4.79 Å². The minimum absolute atomic E-state index is 0.0243. The van der Waals surface area contributed by atoms with Crippen LogP contribution in [0.4, 0.5) is 0 Å². The van der Waals surface area contributed by atoms with Gasteiger partial charge in [0.25, 0.3) is 5.56 Å². The fourth-order valence-corrected chi connectivity index (χ4v) is 3.14. The van der Waals surface area contributed by atoms with Crippen molar-refractivity contribution in [2.24, 2.45) is 0 Å². The van der Waals surface area contributed by atoms with Crippen LogP contribution in [0.1, 0.15) is 36.2 Å². The largest absolute Gasteiger partial charge is 0.335 e. The van der Waals surface area contributed by atoms with Gasteiger partial charge in [-0.2, -0.15) is 0 Å². The number of benzene rings is 1.